The Morgan fingerprint density at radius 3 is 1.56 bits per heavy atom. The van der Waals surface area contributed by atoms with Gasteiger partial charge in [0.1, 0.15) is 0 Å². The van der Waals surface area contributed by atoms with Gasteiger partial charge < -0.3 is 47.4 Å². The highest BCUT2D eigenvalue weighted by molar-refractivity contribution is 5.38. The van der Waals surface area contributed by atoms with Crippen molar-refractivity contribution >= 4 is 17.8 Å². The van der Waals surface area contributed by atoms with Crippen molar-refractivity contribution in [2.75, 3.05) is 16.8 Å². The predicted octanol–water partition coefficient (Wildman–Crippen LogP) is -4.92. The van der Waals surface area contributed by atoms with Crippen molar-refractivity contribution in [3.8, 4) is 0 Å². The SMILES string of the molecule is Nc1nc(N)nc(NC(C(O)(O)O)C(O)(O)O)n1. The van der Waals surface area contributed by atoms with Gasteiger partial charge in [-0.05, 0) is 0 Å². The maximum absolute atomic E-state index is 8.85. The van der Waals surface area contributed by atoms with Crippen LogP contribution >= 0.6 is 0 Å². The number of hydrogen-bond acceptors (Lipinski definition) is 12. The summed E-state index contributed by atoms with van der Waals surface area (Å²) in [4.78, 5) is 10.2. The third-order valence-electron chi connectivity index (χ3n) is 1.72. The van der Waals surface area contributed by atoms with Gasteiger partial charge in [0.15, 0.2) is 6.04 Å². The number of nitrogens with zero attached hydrogens (tertiary/aromatic N) is 3. The van der Waals surface area contributed by atoms with Crippen LogP contribution in [0.4, 0.5) is 17.8 Å². The van der Waals surface area contributed by atoms with Crippen molar-refractivity contribution in [3.63, 3.8) is 0 Å². The fraction of sp³-hybridized carbons (Fsp3) is 0.500. The Bertz CT molecular complexity index is 393. The third kappa shape index (κ3) is 3.59. The molecule has 0 bridgehead atoms. The van der Waals surface area contributed by atoms with Gasteiger partial charge in [-0.15, -0.1) is 0 Å². The van der Waals surface area contributed by atoms with Gasteiger partial charge >= 0.3 is 11.9 Å². The average Bonchev–Trinajstić information content (AvgIpc) is 2.08. The molecule has 11 N–H and O–H groups in total. The third-order valence-corrected chi connectivity index (χ3v) is 1.72. The minimum Gasteiger partial charge on any atom is -0.368 e. The zero-order valence-electron chi connectivity index (χ0n) is 8.76. The first kappa shape index (κ1) is 14.2. The van der Waals surface area contributed by atoms with Gasteiger partial charge in [0.05, 0.1) is 0 Å². The Labute approximate surface area is 99.2 Å². The highest BCUT2D eigenvalue weighted by Gasteiger charge is 2.48. The number of anilines is 3. The topological polar surface area (TPSA) is 224 Å². The molecule has 12 nitrogen and oxygen atoms in total. The van der Waals surface area contributed by atoms with Gasteiger partial charge in [-0.1, -0.05) is 0 Å². The maximum atomic E-state index is 8.85. The van der Waals surface area contributed by atoms with Gasteiger partial charge in [-0.3, -0.25) is 0 Å². The summed E-state index contributed by atoms with van der Waals surface area (Å²) in [5, 5.41) is 54.9. The van der Waals surface area contributed by atoms with E-state index in [1.807, 2.05) is 5.32 Å². The molecule has 0 spiro atoms. The van der Waals surface area contributed by atoms with Crippen LogP contribution in [0.5, 0.6) is 0 Å². The Morgan fingerprint density at radius 1 is 0.833 bits per heavy atom. The van der Waals surface area contributed by atoms with E-state index in [4.69, 9.17) is 42.1 Å². The summed E-state index contributed by atoms with van der Waals surface area (Å²) in [5.74, 6) is -8.65. The maximum Gasteiger partial charge on any atom is 0.305 e. The molecule has 0 aliphatic rings. The minimum atomic E-state index is -3.70. The average molecular weight is 264 g/mol. The lowest BCUT2D eigenvalue weighted by Gasteiger charge is -2.32. The molecular formula is C6H12N6O6. The molecule has 0 saturated carbocycles. The second-order valence-corrected chi connectivity index (χ2v) is 3.33. The molecule has 12 heteroatoms. The molecular weight excluding hydrogens is 252 g/mol. The van der Waals surface area contributed by atoms with E-state index in [9.17, 15) is 0 Å². The van der Waals surface area contributed by atoms with Crippen molar-refractivity contribution in [3.05, 3.63) is 0 Å². The van der Waals surface area contributed by atoms with Crippen LogP contribution in [-0.4, -0.2) is 63.6 Å². The molecule has 0 radical (unpaired) electrons. The summed E-state index contributed by atoms with van der Waals surface area (Å²) in [5.41, 5.74) is 10.4. The van der Waals surface area contributed by atoms with Gasteiger partial charge in [0.2, 0.25) is 17.8 Å². The number of aromatic nitrogens is 3. The zero-order chi connectivity index (χ0) is 14.1. The van der Waals surface area contributed by atoms with E-state index in [2.05, 4.69) is 15.0 Å². The quantitative estimate of drug-likeness (QED) is 0.233. The van der Waals surface area contributed by atoms with E-state index in [0.717, 1.165) is 0 Å². The van der Waals surface area contributed by atoms with Crippen LogP contribution in [0.25, 0.3) is 0 Å². The van der Waals surface area contributed by atoms with E-state index < -0.39 is 23.9 Å². The van der Waals surface area contributed by atoms with Crippen molar-refractivity contribution in [2.24, 2.45) is 0 Å². The Kier molecular flexibility index (Phi) is 3.52. The first-order chi connectivity index (χ1) is 8.00. The van der Waals surface area contributed by atoms with Crippen molar-refractivity contribution in [1.82, 2.24) is 15.0 Å². The lowest BCUT2D eigenvalue weighted by Crippen LogP contribution is -2.61. The van der Waals surface area contributed by atoms with E-state index >= 15 is 0 Å². The number of hydrogen-bond donors (Lipinski definition) is 9. The van der Waals surface area contributed by atoms with E-state index in [1.165, 1.54) is 0 Å². The molecule has 0 aliphatic heterocycles. The Morgan fingerprint density at radius 2 is 1.22 bits per heavy atom. The molecule has 1 aromatic rings. The molecule has 0 amide bonds. The van der Waals surface area contributed by atoms with E-state index in [1.54, 1.807) is 0 Å². The predicted molar refractivity (Wildman–Crippen MR) is 54.8 cm³/mol. The largest absolute Gasteiger partial charge is 0.368 e. The molecule has 1 heterocycles. The van der Waals surface area contributed by atoms with Gasteiger partial charge in [0, 0.05) is 0 Å². The smallest absolute Gasteiger partial charge is 0.305 e. The van der Waals surface area contributed by atoms with Crippen molar-refractivity contribution < 1.29 is 30.6 Å². The molecule has 0 aliphatic carbocycles. The fourth-order valence-electron chi connectivity index (χ4n) is 1.06. The second-order valence-electron chi connectivity index (χ2n) is 3.33. The van der Waals surface area contributed by atoms with E-state index in [-0.39, 0.29) is 11.9 Å². The monoisotopic (exact) mass is 264 g/mol. The van der Waals surface area contributed by atoms with E-state index in [0.29, 0.717) is 0 Å². The van der Waals surface area contributed by atoms with Gasteiger partial charge in [-0.25, -0.2) is 0 Å². The lowest BCUT2D eigenvalue weighted by atomic mass is 10.2. The molecule has 0 unspecified atom stereocenters. The van der Waals surface area contributed by atoms with Crippen LogP contribution in [0.2, 0.25) is 0 Å². The summed E-state index contributed by atoms with van der Waals surface area (Å²) < 4.78 is 0. The lowest BCUT2D eigenvalue weighted by molar-refractivity contribution is -0.407. The summed E-state index contributed by atoms with van der Waals surface area (Å²) in [6, 6.07) is -2.49. The summed E-state index contributed by atoms with van der Waals surface area (Å²) in [7, 11) is 0. The van der Waals surface area contributed by atoms with Crippen LogP contribution in [-0.2, 0) is 0 Å². The minimum absolute atomic E-state index is 0.359. The van der Waals surface area contributed by atoms with Crippen LogP contribution in [0, 0.1) is 0 Å². The number of rotatable bonds is 4. The van der Waals surface area contributed by atoms with Gasteiger partial charge in [-0.2, -0.15) is 15.0 Å². The van der Waals surface area contributed by atoms with Crippen molar-refractivity contribution in [1.29, 1.82) is 0 Å². The number of aliphatic hydroxyl groups is 6. The van der Waals surface area contributed by atoms with Crippen LogP contribution in [0.15, 0.2) is 0 Å². The highest BCUT2D eigenvalue weighted by Crippen LogP contribution is 2.17. The molecule has 1 rings (SSSR count). The summed E-state index contributed by atoms with van der Waals surface area (Å²) in [6.07, 6.45) is 0. The Balaban J connectivity index is 3.04. The summed E-state index contributed by atoms with van der Waals surface area (Å²) in [6.45, 7) is 0. The first-order valence-electron chi connectivity index (χ1n) is 4.38. The molecule has 0 atom stereocenters. The van der Waals surface area contributed by atoms with Crippen LogP contribution in [0.1, 0.15) is 0 Å². The number of nitrogen functional groups attached to an aromatic ring is 2. The van der Waals surface area contributed by atoms with Crippen LogP contribution in [0.3, 0.4) is 0 Å². The first-order valence-corrected chi connectivity index (χ1v) is 4.38. The van der Waals surface area contributed by atoms with Crippen LogP contribution < -0.4 is 16.8 Å². The molecule has 0 fully saturated rings. The molecule has 102 valence electrons. The fourth-order valence-corrected chi connectivity index (χ4v) is 1.06. The normalized spacial score (nSPS) is 12.8. The number of nitrogens with one attached hydrogen (secondary N) is 1. The van der Waals surface area contributed by atoms with Gasteiger partial charge in [0.25, 0.3) is 0 Å². The Hall–Kier alpha value is -1.83. The number of nitrogens with two attached hydrogens (primary N) is 2. The highest BCUT2D eigenvalue weighted by atomic mass is 16.7. The van der Waals surface area contributed by atoms with Crippen molar-refractivity contribution in [2.45, 2.75) is 18.0 Å². The summed E-state index contributed by atoms with van der Waals surface area (Å²) >= 11 is 0. The molecule has 0 saturated heterocycles. The molecule has 0 aromatic carbocycles. The molecule has 18 heavy (non-hydrogen) atoms. The standard InChI is InChI=1S/C6H12N6O6/c7-2-10-3(8)12-4(11-2)9-1(5(13,14)15)6(16,17)18/h1,13-18H,(H5,7,8,9,10,11,12). The second kappa shape index (κ2) is 4.45. The molecule has 1 aromatic heterocycles. The zero-order valence-corrected chi connectivity index (χ0v) is 8.76.